The molecule has 2 rings (SSSR count). The van der Waals surface area contributed by atoms with E-state index in [1.165, 1.54) is 0 Å². The number of ether oxygens (including phenoxy) is 2. The monoisotopic (exact) mass is 205 g/mol. The average Bonchev–Trinajstić information content (AvgIpc) is 2.81. The lowest BCUT2D eigenvalue weighted by Crippen LogP contribution is -2.01. The highest BCUT2D eigenvalue weighted by Gasteiger charge is 2.08. The van der Waals surface area contributed by atoms with Crippen LogP contribution in [0.15, 0.2) is 30.6 Å². The van der Waals surface area contributed by atoms with Crippen molar-refractivity contribution < 1.29 is 9.47 Å². The van der Waals surface area contributed by atoms with Gasteiger partial charge >= 0.3 is 0 Å². The average molecular weight is 205 g/mol. The Morgan fingerprint density at radius 3 is 2.67 bits per heavy atom. The molecule has 0 saturated carbocycles. The van der Waals surface area contributed by atoms with Crippen molar-refractivity contribution in [1.29, 1.82) is 0 Å². The number of aromatic nitrogens is 3. The highest BCUT2D eigenvalue weighted by atomic mass is 16.5. The SMILES string of the molecule is COc1ccc(-n2cccn2)c(OC)n1. The molecule has 0 saturated heterocycles. The zero-order chi connectivity index (χ0) is 10.7. The number of methoxy groups -OCH3 is 2. The van der Waals surface area contributed by atoms with Crippen LogP contribution in [0.2, 0.25) is 0 Å². The van der Waals surface area contributed by atoms with Crippen molar-refractivity contribution in [3.63, 3.8) is 0 Å². The van der Waals surface area contributed by atoms with E-state index in [-0.39, 0.29) is 0 Å². The minimum absolute atomic E-state index is 0.484. The van der Waals surface area contributed by atoms with Crippen LogP contribution in [0.4, 0.5) is 0 Å². The molecule has 2 heterocycles. The van der Waals surface area contributed by atoms with E-state index in [4.69, 9.17) is 9.47 Å². The smallest absolute Gasteiger partial charge is 0.243 e. The molecule has 0 aromatic carbocycles. The predicted octanol–water partition coefficient (Wildman–Crippen LogP) is 1.28. The first-order valence-corrected chi connectivity index (χ1v) is 4.44. The second kappa shape index (κ2) is 4.00. The van der Waals surface area contributed by atoms with Gasteiger partial charge in [-0.3, -0.25) is 0 Å². The molecule has 78 valence electrons. The summed E-state index contributed by atoms with van der Waals surface area (Å²) in [5.41, 5.74) is 0.781. The van der Waals surface area contributed by atoms with Crippen LogP contribution < -0.4 is 9.47 Å². The van der Waals surface area contributed by atoms with Crippen LogP contribution in [0.1, 0.15) is 0 Å². The number of hydrogen-bond acceptors (Lipinski definition) is 4. The summed E-state index contributed by atoms with van der Waals surface area (Å²) in [6, 6.07) is 5.45. The molecular formula is C10H11N3O2. The van der Waals surface area contributed by atoms with Crippen LogP contribution in [-0.4, -0.2) is 29.0 Å². The molecule has 2 aromatic heterocycles. The van der Waals surface area contributed by atoms with E-state index in [0.29, 0.717) is 11.8 Å². The highest BCUT2D eigenvalue weighted by molar-refractivity contribution is 5.43. The first-order chi connectivity index (χ1) is 7.35. The van der Waals surface area contributed by atoms with Crippen LogP contribution in [0.5, 0.6) is 11.8 Å². The Labute approximate surface area is 87.3 Å². The molecular weight excluding hydrogens is 194 g/mol. The fourth-order valence-corrected chi connectivity index (χ4v) is 1.27. The van der Waals surface area contributed by atoms with Crippen LogP contribution in [0.25, 0.3) is 5.69 Å². The maximum absolute atomic E-state index is 5.16. The van der Waals surface area contributed by atoms with E-state index >= 15 is 0 Å². The highest BCUT2D eigenvalue weighted by Crippen LogP contribution is 2.22. The summed E-state index contributed by atoms with van der Waals surface area (Å²) >= 11 is 0. The van der Waals surface area contributed by atoms with Crippen molar-refractivity contribution in [2.45, 2.75) is 0 Å². The summed E-state index contributed by atoms with van der Waals surface area (Å²) in [6.45, 7) is 0. The first-order valence-electron chi connectivity index (χ1n) is 4.44. The zero-order valence-electron chi connectivity index (χ0n) is 8.54. The summed E-state index contributed by atoms with van der Waals surface area (Å²) in [7, 11) is 3.13. The van der Waals surface area contributed by atoms with Crippen LogP contribution in [0, 0.1) is 0 Å². The van der Waals surface area contributed by atoms with E-state index in [1.807, 2.05) is 18.3 Å². The molecule has 2 aromatic rings. The summed E-state index contributed by atoms with van der Waals surface area (Å²) in [5.74, 6) is 1.00. The molecule has 0 unspecified atom stereocenters. The fourth-order valence-electron chi connectivity index (χ4n) is 1.27. The fraction of sp³-hybridized carbons (Fsp3) is 0.200. The van der Waals surface area contributed by atoms with E-state index in [2.05, 4.69) is 10.1 Å². The molecule has 0 fully saturated rings. The zero-order valence-corrected chi connectivity index (χ0v) is 8.54. The van der Waals surface area contributed by atoms with Crippen molar-refractivity contribution in [3.05, 3.63) is 30.6 Å². The van der Waals surface area contributed by atoms with Gasteiger partial charge in [-0.1, -0.05) is 0 Å². The van der Waals surface area contributed by atoms with E-state index in [9.17, 15) is 0 Å². The third kappa shape index (κ3) is 1.76. The van der Waals surface area contributed by atoms with Crippen molar-refractivity contribution in [2.75, 3.05) is 14.2 Å². The molecule has 0 aliphatic carbocycles. The Morgan fingerprint density at radius 1 is 1.20 bits per heavy atom. The van der Waals surface area contributed by atoms with Crippen molar-refractivity contribution in [2.24, 2.45) is 0 Å². The molecule has 0 spiro atoms. The van der Waals surface area contributed by atoms with Gasteiger partial charge in [0.2, 0.25) is 11.8 Å². The van der Waals surface area contributed by atoms with E-state index in [0.717, 1.165) is 5.69 Å². The van der Waals surface area contributed by atoms with Gasteiger partial charge in [0.15, 0.2) is 0 Å². The number of nitrogens with zero attached hydrogens (tertiary/aromatic N) is 3. The van der Waals surface area contributed by atoms with Crippen molar-refractivity contribution in [1.82, 2.24) is 14.8 Å². The van der Waals surface area contributed by atoms with Gasteiger partial charge in [-0.05, 0) is 12.1 Å². The number of hydrogen-bond donors (Lipinski definition) is 0. The Hall–Kier alpha value is -2.04. The number of pyridine rings is 1. The van der Waals surface area contributed by atoms with E-state index in [1.54, 1.807) is 31.2 Å². The molecule has 5 heteroatoms. The molecule has 0 bridgehead atoms. The van der Waals surface area contributed by atoms with Gasteiger partial charge in [0.1, 0.15) is 5.69 Å². The van der Waals surface area contributed by atoms with E-state index < -0.39 is 0 Å². The van der Waals surface area contributed by atoms with Crippen LogP contribution in [-0.2, 0) is 0 Å². The van der Waals surface area contributed by atoms with Gasteiger partial charge in [0.25, 0.3) is 0 Å². The topological polar surface area (TPSA) is 49.2 Å². The molecule has 0 N–H and O–H groups in total. The Kier molecular flexibility index (Phi) is 2.53. The van der Waals surface area contributed by atoms with Gasteiger partial charge in [0, 0.05) is 18.5 Å². The van der Waals surface area contributed by atoms with Gasteiger partial charge in [-0.15, -0.1) is 0 Å². The first kappa shape index (κ1) is 9.51. The lowest BCUT2D eigenvalue weighted by Gasteiger charge is -2.08. The maximum atomic E-state index is 5.16. The lowest BCUT2D eigenvalue weighted by atomic mass is 10.4. The van der Waals surface area contributed by atoms with Gasteiger partial charge in [0.05, 0.1) is 14.2 Å². The minimum Gasteiger partial charge on any atom is -0.481 e. The quantitative estimate of drug-likeness (QED) is 0.757. The summed E-state index contributed by atoms with van der Waals surface area (Å²) in [5, 5.41) is 4.11. The van der Waals surface area contributed by atoms with Gasteiger partial charge in [-0.2, -0.15) is 10.1 Å². The Balaban J connectivity index is 2.48. The lowest BCUT2D eigenvalue weighted by molar-refractivity contribution is 0.363. The Bertz CT molecular complexity index is 440. The largest absolute Gasteiger partial charge is 0.481 e. The Morgan fingerprint density at radius 2 is 2.07 bits per heavy atom. The van der Waals surface area contributed by atoms with Crippen LogP contribution in [0.3, 0.4) is 0 Å². The standard InChI is InChI=1S/C10H11N3O2/c1-14-9-5-4-8(10(12-9)15-2)13-7-3-6-11-13/h3-7H,1-2H3. The maximum Gasteiger partial charge on any atom is 0.243 e. The third-order valence-corrected chi connectivity index (χ3v) is 1.97. The molecule has 0 aliphatic heterocycles. The normalized spacial score (nSPS) is 10.0. The molecule has 0 amide bonds. The second-order valence-electron chi connectivity index (χ2n) is 2.83. The molecule has 5 nitrogen and oxygen atoms in total. The summed E-state index contributed by atoms with van der Waals surface area (Å²) in [4.78, 5) is 4.16. The van der Waals surface area contributed by atoms with Crippen molar-refractivity contribution in [3.8, 4) is 17.4 Å². The molecule has 0 aliphatic rings. The minimum atomic E-state index is 0.484. The summed E-state index contributed by atoms with van der Waals surface area (Å²) < 4.78 is 11.9. The van der Waals surface area contributed by atoms with Gasteiger partial charge in [-0.25, -0.2) is 4.68 Å². The predicted molar refractivity (Wildman–Crippen MR) is 54.5 cm³/mol. The van der Waals surface area contributed by atoms with Gasteiger partial charge < -0.3 is 9.47 Å². The van der Waals surface area contributed by atoms with Crippen LogP contribution >= 0.6 is 0 Å². The van der Waals surface area contributed by atoms with Crippen molar-refractivity contribution >= 4 is 0 Å². The second-order valence-corrected chi connectivity index (χ2v) is 2.83. The third-order valence-electron chi connectivity index (χ3n) is 1.97. The molecule has 0 atom stereocenters. The summed E-state index contributed by atoms with van der Waals surface area (Å²) in [6.07, 6.45) is 3.52. The molecule has 0 radical (unpaired) electrons. The molecule has 15 heavy (non-hydrogen) atoms. The number of rotatable bonds is 3.